The van der Waals surface area contributed by atoms with Crippen molar-refractivity contribution in [2.24, 2.45) is 5.92 Å². The molecule has 1 saturated heterocycles. The lowest BCUT2D eigenvalue weighted by Gasteiger charge is -2.37. The molecule has 0 saturated carbocycles. The zero-order valence-corrected chi connectivity index (χ0v) is 10.5. The molecule has 0 aromatic heterocycles. The summed E-state index contributed by atoms with van der Waals surface area (Å²) in [7, 11) is 0. The number of nitriles is 1. The van der Waals surface area contributed by atoms with Crippen molar-refractivity contribution in [1.82, 2.24) is 4.90 Å². The number of amides is 1. The number of carbonyl (C=O) groups is 1. The lowest BCUT2D eigenvalue weighted by atomic mass is 9.91. The summed E-state index contributed by atoms with van der Waals surface area (Å²) in [6.45, 7) is 5.59. The molecule has 0 aromatic carbocycles. The molecule has 1 fully saturated rings. The Morgan fingerprint density at radius 3 is 2.29 bits per heavy atom. The van der Waals surface area contributed by atoms with Crippen LogP contribution in [0.25, 0.3) is 0 Å². The average Bonchev–Trinajstić information content (AvgIpc) is 2.47. The van der Waals surface area contributed by atoms with E-state index in [-0.39, 0.29) is 24.1 Å². The third kappa shape index (κ3) is 2.44. The number of hydrogen-bond donors (Lipinski definition) is 0. The minimum Gasteiger partial charge on any atom is -0.444 e. The molecule has 17 heavy (non-hydrogen) atoms. The maximum Gasteiger partial charge on any atom is 0.411 e. The molecule has 0 unspecified atom stereocenters. The Morgan fingerprint density at radius 1 is 1.35 bits per heavy atom. The second kappa shape index (κ2) is 4.06. The van der Waals surface area contributed by atoms with Gasteiger partial charge in [0.2, 0.25) is 0 Å². The van der Waals surface area contributed by atoms with E-state index >= 15 is 0 Å². The summed E-state index contributed by atoms with van der Waals surface area (Å²) >= 11 is 0. The summed E-state index contributed by atoms with van der Waals surface area (Å²) in [5.74, 6) is 0.0543. The summed E-state index contributed by atoms with van der Waals surface area (Å²) < 4.78 is 5.39. The molecule has 4 heteroatoms. The summed E-state index contributed by atoms with van der Waals surface area (Å²) in [4.78, 5) is 13.8. The van der Waals surface area contributed by atoms with Gasteiger partial charge in [0.1, 0.15) is 5.60 Å². The van der Waals surface area contributed by atoms with Gasteiger partial charge in [0, 0.05) is 0 Å². The second-order valence-corrected chi connectivity index (χ2v) is 5.70. The normalized spacial score (nSPS) is 31.2. The first-order chi connectivity index (χ1) is 7.90. The van der Waals surface area contributed by atoms with Gasteiger partial charge in [-0.15, -0.1) is 0 Å². The molecule has 4 nitrogen and oxygen atoms in total. The Morgan fingerprint density at radius 2 is 1.88 bits per heavy atom. The number of rotatable bonds is 0. The van der Waals surface area contributed by atoms with E-state index in [1.54, 1.807) is 4.90 Å². The van der Waals surface area contributed by atoms with E-state index in [9.17, 15) is 4.79 Å². The molecule has 2 rings (SSSR count). The van der Waals surface area contributed by atoms with Crippen molar-refractivity contribution >= 4 is 6.09 Å². The van der Waals surface area contributed by atoms with Crippen molar-refractivity contribution in [2.75, 3.05) is 0 Å². The van der Waals surface area contributed by atoms with Crippen LogP contribution in [-0.2, 0) is 4.74 Å². The summed E-state index contributed by atoms with van der Waals surface area (Å²) in [5, 5.41) is 8.95. The SMILES string of the molecule is CC(C)(C)OC(=O)N1[C@@H]2C=C[C@H]1C[C@@H](C#N)C2. The molecular formula is C13H18N2O2. The van der Waals surface area contributed by atoms with Crippen LogP contribution in [0.15, 0.2) is 12.2 Å². The molecule has 2 heterocycles. The quantitative estimate of drug-likeness (QED) is 0.605. The Hall–Kier alpha value is -1.50. The van der Waals surface area contributed by atoms with Gasteiger partial charge in [-0.2, -0.15) is 5.26 Å². The molecule has 1 amide bonds. The van der Waals surface area contributed by atoms with Crippen molar-refractivity contribution in [3.63, 3.8) is 0 Å². The lowest BCUT2D eigenvalue weighted by Crippen LogP contribution is -2.49. The zero-order valence-electron chi connectivity index (χ0n) is 10.5. The Balaban J connectivity index is 2.06. The minimum atomic E-state index is -0.470. The van der Waals surface area contributed by atoms with Gasteiger partial charge in [-0.1, -0.05) is 12.2 Å². The molecule has 92 valence electrons. The van der Waals surface area contributed by atoms with Crippen molar-refractivity contribution < 1.29 is 9.53 Å². The number of hydrogen-bond acceptors (Lipinski definition) is 3. The number of fused-ring (bicyclic) bond motifs is 2. The molecule has 2 aliphatic rings. The Bertz CT molecular complexity index is 373. The molecular weight excluding hydrogens is 216 g/mol. The fourth-order valence-electron chi connectivity index (χ4n) is 2.44. The van der Waals surface area contributed by atoms with Crippen LogP contribution in [0.2, 0.25) is 0 Å². The van der Waals surface area contributed by atoms with Crippen molar-refractivity contribution in [1.29, 1.82) is 5.26 Å². The Kier molecular flexibility index (Phi) is 2.86. The van der Waals surface area contributed by atoms with Gasteiger partial charge < -0.3 is 4.74 Å². The fraction of sp³-hybridized carbons (Fsp3) is 0.692. The number of piperidine rings is 1. The third-order valence-electron chi connectivity index (χ3n) is 3.11. The summed E-state index contributed by atoms with van der Waals surface area (Å²) in [6, 6.07) is 2.36. The van der Waals surface area contributed by atoms with Crippen LogP contribution in [0.3, 0.4) is 0 Å². The van der Waals surface area contributed by atoms with Crippen molar-refractivity contribution in [2.45, 2.75) is 51.3 Å². The van der Waals surface area contributed by atoms with Crippen LogP contribution in [-0.4, -0.2) is 28.7 Å². The standard InChI is InChI=1S/C13H18N2O2/c1-13(2,3)17-12(16)15-10-4-5-11(15)7-9(6-10)8-14/h4-5,9-11H,6-7H2,1-3H3/t9-,10+,11-. The average molecular weight is 234 g/mol. The molecule has 0 spiro atoms. The summed E-state index contributed by atoms with van der Waals surface area (Å²) in [5.41, 5.74) is -0.470. The zero-order chi connectivity index (χ0) is 12.6. The van der Waals surface area contributed by atoms with Gasteiger partial charge in [0.15, 0.2) is 0 Å². The first-order valence-corrected chi connectivity index (χ1v) is 6.00. The van der Waals surface area contributed by atoms with Crippen LogP contribution in [0, 0.1) is 17.2 Å². The van der Waals surface area contributed by atoms with Gasteiger partial charge in [-0.3, -0.25) is 4.90 Å². The van der Waals surface area contributed by atoms with Crippen molar-refractivity contribution in [3.8, 4) is 6.07 Å². The monoisotopic (exact) mass is 234 g/mol. The minimum absolute atomic E-state index is 0.0354. The summed E-state index contributed by atoms with van der Waals surface area (Å²) in [6.07, 6.45) is 5.22. The van der Waals surface area contributed by atoms with E-state index in [0.717, 1.165) is 12.8 Å². The highest BCUT2D eigenvalue weighted by Gasteiger charge is 2.41. The largest absolute Gasteiger partial charge is 0.444 e. The van der Waals surface area contributed by atoms with Gasteiger partial charge in [0.25, 0.3) is 0 Å². The molecule has 0 aliphatic carbocycles. The van der Waals surface area contributed by atoms with E-state index in [1.165, 1.54) is 0 Å². The lowest BCUT2D eigenvalue weighted by molar-refractivity contribution is 0.00789. The smallest absolute Gasteiger partial charge is 0.411 e. The number of carbonyl (C=O) groups excluding carboxylic acids is 1. The van der Waals surface area contributed by atoms with Crippen LogP contribution >= 0.6 is 0 Å². The molecule has 0 radical (unpaired) electrons. The highest BCUT2D eigenvalue weighted by Crippen LogP contribution is 2.34. The topological polar surface area (TPSA) is 53.3 Å². The number of nitrogens with zero attached hydrogens (tertiary/aromatic N) is 2. The van der Waals surface area contributed by atoms with Gasteiger partial charge in [-0.25, -0.2) is 4.79 Å². The van der Waals surface area contributed by atoms with Crippen LogP contribution < -0.4 is 0 Å². The second-order valence-electron chi connectivity index (χ2n) is 5.70. The van der Waals surface area contributed by atoms with E-state index in [1.807, 2.05) is 32.9 Å². The first-order valence-electron chi connectivity index (χ1n) is 6.00. The number of ether oxygens (including phenoxy) is 1. The highest BCUT2D eigenvalue weighted by molar-refractivity contribution is 5.70. The van der Waals surface area contributed by atoms with Gasteiger partial charge >= 0.3 is 6.09 Å². The van der Waals surface area contributed by atoms with Gasteiger partial charge in [-0.05, 0) is 33.6 Å². The molecule has 0 aromatic rings. The van der Waals surface area contributed by atoms with Crippen LogP contribution in [0.1, 0.15) is 33.6 Å². The molecule has 2 bridgehead atoms. The maximum atomic E-state index is 12.1. The van der Waals surface area contributed by atoms with E-state index in [2.05, 4.69) is 6.07 Å². The Labute approximate surface area is 102 Å². The predicted octanol–water partition coefficient (Wildman–Crippen LogP) is 2.46. The fourth-order valence-corrected chi connectivity index (χ4v) is 2.44. The van der Waals surface area contributed by atoms with E-state index in [0.29, 0.717) is 0 Å². The van der Waals surface area contributed by atoms with E-state index < -0.39 is 5.60 Å². The first kappa shape index (κ1) is 12.0. The van der Waals surface area contributed by atoms with E-state index in [4.69, 9.17) is 10.00 Å². The third-order valence-corrected chi connectivity index (χ3v) is 3.11. The predicted molar refractivity (Wildman–Crippen MR) is 63.1 cm³/mol. The molecule has 2 aliphatic heterocycles. The van der Waals surface area contributed by atoms with Crippen LogP contribution in [0.5, 0.6) is 0 Å². The molecule has 3 atom stereocenters. The molecule has 0 N–H and O–H groups in total. The highest BCUT2D eigenvalue weighted by atomic mass is 16.6. The maximum absolute atomic E-state index is 12.1. The van der Waals surface area contributed by atoms with Crippen LogP contribution in [0.4, 0.5) is 4.79 Å². The van der Waals surface area contributed by atoms with Gasteiger partial charge in [0.05, 0.1) is 24.1 Å². The van der Waals surface area contributed by atoms with Crippen molar-refractivity contribution in [3.05, 3.63) is 12.2 Å².